The van der Waals surface area contributed by atoms with Crippen LogP contribution in [0.2, 0.25) is 0 Å². The van der Waals surface area contributed by atoms with Gasteiger partial charge in [-0.3, -0.25) is 4.98 Å². The van der Waals surface area contributed by atoms with Gasteiger partial charge in [0.1, 0.15) is 5.03 Å². The monoisotopic (exact) mass is 377 g/mol. The van der Waals surface area contributed by atoms with E-state index in [-0.39, 0.29) is 10.9 Å². The number of hydrogen-bond donors (Lipinski definition) is 0. The topological polar surface area (TPSA) is 47.9 Å². The molecule has 0 unspecified atom stereocenters. The Labute approximate surface area is 152 Å². The highest BCUT2D eigenvalue weighted by Gasteiger charge is 2.40. The molecule has 0 N–H and O–H groups in total. The van der Waals surface area contributed by atoms with Crippen molar-refractivity contribution >= 4 is 11.8 Å². The van der Waals surface area contributed by atoms with Gasteiger partial charge in [-0.15, -0.1) is 0 Å². The first kappa shape index (κ1) is 18.2. The highest BCUT2D eigenvalue weighted by atomic mass is 32.2. The molecular weight excluding hydrogens is 363 g/mol. The lowest BCUT2D eigenvalue weighted by Gasteiger charge is -2.16. The fourth-order valence-electron chi connectivity index (χ4n) is 2.23. The minimum absolute atomic E-state index is 0.123. The zero-order valence-corrected chi connectivity index (χ0v) is 14.7. The molecule has 1 aromatic carbocycles. The molecule has 4 nitrogen and oxygen atoms in total. The van der Waals surface area contributed by atoms with E-state index >= 15 is 0 Å². The van der Waals surface area contributed by atoms with Crippen molar-refractivity contribution in [1.29, 1.82) is 0 Å². The molecule has 0 aliphatic rings. The van der Waals surface area contributed by atoms with Crippen molar-refractivity contribution in [1.82, 2.24) is 15.0 Å². The minimum atomic E-state index is -4.65. The molecule has 0 saturated heterocycles. The van der Waals surface area contributed by atoms with Gasteiger partial charge in [-0.05, 0) is 31.2 Å². The van der Waals surface area contributed by atoms with Crippen LogP contribution in [0.4, 0.5) is 13.2 Å². The van der Waals surface area contributed by atoms with Gasteiger partial charge in [-0.2, -0.15) is 18.2 Å². The molecule has 0 aliphatic heterocycles. The first-order valence-electron chi connectivity index (χ1n) is 7.56. The second-order valence-corrected chi connectivity index (χ2v) is 6.45. The number of hydrogen-bond acceptors (Lipinski definition) is 5. The van der Waals surface area contributed by atoms with Crippen LogP contribution < -0.4 is 4.74 Å². The fraction of sp³-hybridized carbons (Fsp3) is 0.167. The maximum atomic E-state index is 13.6. The highest BCUT2D eigenvalue weighted by Crippen LogP contribution is 2.43. The first-order valence-corrected chi connectivity index (χ1v) is 8.38. The zero-order chi connectivity index (χ0) is 18.7. The van der Waals surface area contributed by atoms with Crippen molar-refractivity contribution in [3.8, 4) is 17.3 Å². The largest absolute Gasteiger partial charge is 0.480 e. The summed E-state index contributed by atoms with van der Waals surface area (Å²) in [5, 5.41) is -0.216. The zero-order valence-electron chi connectivity index (χ0n) is 13.9. The predicted molar refractivity (Wildman–Crippen MR) is 92.1 cm³/mol. The van der Waals surface area contributed by atoms with E-state index in [2.05, 4.69) is 15.0 Å². The molecular formula is C18H14F3N3OS. The lowest BCUT2D eigenvalue weighted by molar-refractivity contribution is -0.141. The molecule has 26 heavy (non-hydrogen) atoms. The van der Waals surface area contributed by atoms with Crippen molar-refractivity contribution in [2.45, 2.75) is 23.0 Å². The summed E-state index contributed by atoms with van der Waals surface area (Å²) in [6.07, 6.45) is -1.60. The average Bonchev–Trinajstić information content (AvgIpc) is 2.62. The summed E-state index contributed by atoms with van der Waals surface area (Å²) in [5.41, 5.74) is 0.533. The molecule has 0 spiro atoms. The lowest BCUT2D eigenvalue weighted by Crippen LogP contribution is -2.13. The number of methoxy groups -OCH3 is 1. The second-order valence-electron chi connectivity index (χ2n) is 5.39. The van der Waals surface area contributed by atoms with Gasteiger partial charge in [0.2, 0.25) is 5.88 Å². The van der Waals surface area contributed by atoms with Crippen molar-refractivity contribution < 1.29 is 17.9 Å². The summed E-state index contributed by atoms with van der Waals surface area (Å²) in [6, 6.07) is 10.5. The standard InChI is InChI=1S/C18H14F3N3OS/c1-11-5-7-13(8-6-11)26-17-14(18(19,20)21)16(25-2)23-15(24-17)12-4-3-9-22-10-12/h3-10H,1-2H3. The molecule has 0 fully saturated rings. The Morgan fingerprint density at radius 3 is 2.35 bits per heavy atom. The lowest BCUT2D eigenvalue weighted by atomic mass is 10.2. The second kappa shape index (κ2) is 7.33. The Bertz CT molecular complexity index is 900. The number of pyridine rings is 1. The van der Waals surface area contributed by atoms with E-state index in [9.17, 15) is 13.2 Å². The number of alkyl halides is 3. The summed E-state index contributed by atoms with van der Waals surface area (Å²) in [4.78, 5) is 12.7. The van der Waals surface area contributed by atoms with Crippen LogP contribution in [0.1, 0.15) is 11.1 Å². The van der Waals surface area contributed by atoms with E-state index in [1.54, 1.807) is 30.5 Å². The molecule has 3 rings (SSSR count). The number of aromatic nitrogens is 3. The van der Waals surface area contributed by atoms with Gasteiger partial charge in [0.25, 0.3) is 0 Å². The van der Waals surface area contributed by atoms with Crippen LogP contribution in [-0.4, -0.2) is 22.1 Å². The third-order valence-corrected chi connectivity index (χ3v) is 4.47. The van der Waals surface area contributed by atoms with Gasteiger partial charge in [0, 0.05) is 22.9 Å². The van der Waals surface area contributed by atoms with Gasteiger partial charge < -0.3 is 4.74 Å². The normalized spacial score (nSPS) is 11.4. The van der Waals surface area contributed by atoms with E-state index in [1.807, 2.05) is 19.1 Å². The van der Waals surface area contributed by atoms with Crippen molar-refractivity contribution in [2.75, 3.05) is 7.11 Å². The Morgan fingerprint density at radius 1 is 1.04 bits per heavy atom. The molecule has 2 heterocycles. The molecule has 2 aromatic heterocycles. The van der Waals surface area contributed by atoms with E-state index in [4.69, 9.17) is 4.74 Å². The molecule has 0 amide bonds. The van der Waals surface area contributed by atoms with Gasteiger partial charge in [-0.25, -0.2) is 4.98 Å². The van der Waals surface area contributed by atoms with Crippen LogP contribution in [0, 0.1) is 6.92 Å². The summed E-state index contributed by atoms with van der Waals surface area (Å²) >= 11 is 0.917. The number of rotatable bonds is 4. The summed E-state index contributed by atoms with van der Waals surface area (Å²) in [7, 11) is 1.16. The molecule has 0 aliphatic carbocycles. The van der Waals surface area contributed by atoms with Crippen LogP contribution in [0.25, 0.3) is 11.4 Å². The van der Waals surface area contributed by atoms with Crippen LogP contribution >= 0.6 is 11.8 Å². The Hall–Kier alpha value is -2.61. The summed E-state index contributed by atoms with van der Waals surface area (Å²) < 4.78 is 45.8. The fourth-order valence-corrected chi connectivity index (χ4v) is 3.16. The smallest absolute Gasteiger partial charge is 0.424 e. The summed E-state index contributed by atoms with van der Waals surface area (Å²) in [6.45, 7) is 1.91. The van der Waals surface area contributed by atoms with Crippen molar-refractivity contribution in [3.63, 3.8) is 0 Å². The third-order valence-electron chi connectivity index (χ3n) is 3.47. The number of aryl methyl sites for hydroxylation is 1. The SMILES string of the molecule is COc1nc(-c2cccnc2)nc(Sc2ccc(C)cc2)c1C(F)(F)F. The molecule has 0 radical (unpaired) electrons. The molecule has 8 heteroatoms. The molecule has 134 valence electrons. The Morgan fingerprint density at radius 2 is 1.77 bits per heavy atom. The van der Waals surface area contributed by atoms with Crippen LogP contribution in [0.15, 0.2) is 58.7 Å². The van der Waals surface area contributed by atoms with Gasteiger partial charge in [0.05, 0.1) is 7.11 Å². The average molecular weight is 377 g/mol. The van der Waals surface area contributed by atoms with Crippen LogP contribution in [-0.2, 0) is 6.18 Å². The van der Waals surface area contributed by atoms with E-state index in [1.165, 1.54) is 6.20 Å². The van der Waals surface area contributed by atoms with Crippen molar-refractivity contribution in [3.05, 3.63) is 59.9 Å². The summed E-state index contributed by atoms with van der Waals surface area (Å²) in [5.74, 6) is -0.390. The molecule has 0 bridgehead atoms. The van der Waals surface area contributed by atoms with Gasteiger partial charge in [0.15, 0.2) is 11.4 Å². The molecule has 0 atom stereocenters. The van der Waals surface area contributed by atoms with E-state index < -0.39 is 17.6 Å². The van der Waals surface area contributed by atoms with E-state index in [0.29, 0.717) is 10.5 Å². The Balaban J connectivity index is 2.16. The quantitative estimate of drug-likeness (QED) is 0.597. The number of benzene rings is 1. The van der Waals surface area contributed by atoms with Gasteiger partial charge >= 0.3 is 6.18 Å². The Kier molecular flexibility index (Phi) is 5.13. The first-order chi connectivity index (χ1) is 12.4. The number of nitrogens with zero attached hydrogens (tertiary/aromatic N) is 3. The van der Waals surface area contributed by atoms with E-state index in [0.717, 1.165) is 24.4 Å². The minimum Gasteiger partial charge on any atom is -0.480 e. The van der Waals surface area contributed by atoms with Gasteiger partial charge in [-0.1, -0.05) is 29.5 Å². The maximum Gasteiger partial charge on any atom is 0.424 e. The van der Waals surface area contributed by atoms with Crippen LogP contribution in [0.3, 0.4) is 0 Å². The molecule has 3 aromatic rings. The van der Waals surface area contributed by atoms with Crippen molar-refractivity contribution in [2.24, 2.45) is 0 Å². The maximum absolute atomic E-state index is 13.6. The molecule has 0 saturated carbocycles. The third kappa shape index (κ3) is 3.96. The number of ether oxygens (including phenoxy) is 1. The number of halogens is 3. The van der Waals surface area contributed by atoms with Crippen LogP contribution in [0.5, 0.6) is 5.88 Å². The predicted octanol–water partition coefficient (Wildman–Crippen LogP) is 5.03. The highest BCUT2D eigenvalue weighted by molar-refractivity contribution is 7.99.